The molecule has 29 heavy (non-hydrogen) atoms. The molecule has 2 heterocycles. The predicted octanol–water partition coefficient (Wildman–Crippen LogP) is 4.05. The van der Waals surface area contributed by atoms with E-state index in [2.05, 4.69) is 15.3 Å². The Labute approximate surface area is 168 Å². The van der Waals surface area contributed by atoms with Crippen LogP contribution < -0.4 is 14.8 Å². The van der Waals surface area contributed by atoms with Gasteiger partial charge < -0.3 is 14.8 Å². The van der Waals surface area contributed by atoms with Crippen LogP contribution in [0.2, 0.25) is 0 Å². The Hall–Kier alpha value is -3.41. The van der Waals surface area contributed by atoms with Gasteiger partial charge in [0.25, 0.3) is 5.91 Å². The van der Waals surface area contributed by atoms with Gasteiger partial charge in [-0.15, -0.1) is 0 Å². The summed E-state index contributed by atoms with van der Waals surface area (Å²) in [6.07, 6.45) is 5.80. The molecule has 0 fully saturated rings. The lowest BCUT2D eigenvalue weighted by atomic mass is 9.91. The highest BCUT2D eigenvalue weighted by molar-refractivity contribution is 6.08. The Balaban J connectivity index is 1.48. The predicted molar refractivity (Wildman–Crippen MR) is 109 cm³/mol. The molecule has 6 heteroatoms. The zero-order valence-electron chi connectivity index (χ0n) is 16.0. The normalized spacial score (nSPS) is 14.8. The van der Waals surface area contributed by atoms with Crippen molar-refractivity contribution in [2.45, 2.75) is 25.7 Å². The second-order valence-electron chi connectivity index (χ2n) is 7.21. The highest BCUT2D eigenvalue weighted by atomic mass is 16.6. The van der Waals surface area contributed by atoms with Crippen LogP contribution in [0.3, 0.4) is 0 Å². The monoisotopic (exact) mass is 387 g/mol. The summed E-state index contributed by atoms with van der Waals surface area (Å²) in [7, 11) is 0. The van der Waals surface area contributed by atoms with Crippen molar-refractivity contribution in [1.82, 2.24) is 9.97 Å². The van der Waals surface area contributed by atoms with E-state index < -0.39 is 0 Å². The van der Waals surface area contributed by atoms with Gasteiger partial charge in [0.05, 0.1) is 5.69 Å². The van der Waals surface area contributed by atoms with E-state index in [1.54, 1.807) is 12.4 Å². The smallest absolute Gasteiger partial charge is 0.256 e. The molecule has 1 aliphatic heterocycles. The number of hydrogen-bond donors (Lipinski definition) is 1. The molecule has 0 atom stereocenters. The zero-order chi connectivity index (χ0) is 19.6. The molecule has 0 saturated heterocycles. The van der Waals surface area contributed by atoms with E-state index in [0.717, 1.165) is 42.6 Å². The second-order valence-corrected chi connectivity index (χ2v) is 7.21. The van der Waals surface area contributed by atoms with E-state index in [1.807, 2.05) is 36.4 Å². The van der Waals surface area contributed by atoms with Crippen LogP contribution in [0.1, 0.15) is 34.5 Å². The van der Waals surface area contributed by atoms with E-state index in [0.29, 0.717) is 36.0 Å². The van der Waals surface area contributed by atoms with Gasteiger partial charge in [0.2, 0.25) is 0 Å². The van der Waals surface area contributed by atoms with Crippen LogP contribution in [-0.4, -0.2) is 29.1 Å². The Kier molecular flexibility index (Phi) is 4.60. The number of carbonyl (C=O) groups excluding carboxylic acids is 1. The minimum absolute atomic E-state index is 0.180. The third-order valence-corrected chi connectivity index (χ3v) is 5.35. The number of aryl methyl sites for hydroxylation is 1. The fourth-order valence-corrected chi connectivity index (χ4v) is 3.96. The molecule has 0 saturated carbocycles. The van der Waals surface area contributed by atoms with Gasteiger partial charge in [-0.3, -0.25) is 4.79 Å². The maximum absolute atomic E-state index is 13.1. The van der Waals surface area contributed by atoms with Crippen LogP contribution in [-0.2, 0) is 12.8 Å². The Morgan fingerprint density at radius 2 is 1.76 bits per heavy atom. The van der Waals surface area contributed by atoms with Crippen LogP contribution >= 0.6 is 0 Å². The fourth-order valence-electron chi connectivity index (χ4n) is 3.96. The molecular formula is C23H21N3O3. The SMILES string of the molecule is O=C(Nc1ccc2c(c1)OCCO2)c1ccccc1-c1ncnc2c1CCCC2. The van der Waals surface area contributed by atoms with E-state index in [1.165, 1.54) is 5.56 Å². The molecule has 0 unspecified atom stereocenters. The van der Waals surface area contributed by atoms with Gasteiger partial charge in [-0.05, 0) is 43.9 Å². The van der Waals surface area contributed by atoms with Crippen molar-refractivity contribution >= 4 is 11.6 Å². The molecule has 1 N–H and O–H groups in total. The van der Waals surface area contributed by atoms with E-state index in [-0.39, 0.29) is 5.91 Å². The number of amides is 1. The van der Waals surface area contributed by atoms with Crippen LogP contribution in [0.15, 0.2) is 48.8 Å². The minimum Gasteiger partial charge on any atom is -0.486 e. The maximum Gasteiger partial charge on any atom is 0.256 e. The van der Waals surface area contributed by atoms with Crippen molar-refractivity contribution in [1.29, 1.82) is 0 Å². The standard InChI is InChI=1S/C23H21N3O3/c27-23(26-15-9-10-20-21(13-15)29-12-11-28-20)17-6-2-1-5-16(17)22-18-7-3-4-8-19(18)24-14-25-22/h1-2,5-6,9-10,13-14H,3-4,7-8,11-12H2,(H,26,27). The number of aromatic nitrogens is 2. The molecule has 2 aromatic carbocycles. The van der Waals surface area contributed by atoms with E-state index in [9.17, 15) is 4.79 Å². The zero-order valence-corrected chi connectivity index (χ0v) is 16.0. The van der Waals surface area contributed by atoms with Crippen LogP contribution in [0.5, 0.6) is 11.5 Å². The molecule has 1 amide bonds. The molecule has 0 radical (unpaired) electrons. The summed E-state index contributed by atoms with van der Waals surface area (Å²) in [5.74, 6) is 1.16. The lowest BCUT2D eigenvalue weighted by Crippen LogP contribution is -2.17. The highest BCUT2D eigenvalue weighted by Gasteiger charge is 2.21. The Morgan fingerprint density at radius 1 is 0.931 bits per heavy atom. The van der Waals surface area contributed by atoms with E-state index in [4.69, 9.17) is 9.47 Å². The van der Waals surface area contributed by atoms with Gasteiger partial charge in [-0.2, -0.15) is 0 Å². The number of fused-ring (bicyclic) bond motifs is 2. The first-order valence-corrected chi connectivity index (χ1v) is 9.93. The van der Waals surface area contributed by atoms with Gasteiger partial charge in [-0.1, -0.05) is 18.2 Å². The molecule has 146 valence electrons. The maximum atomic E-state index is 13.1. The third kappa shape index (κ3) is 3.42. The molecule has 6 nitrogen and oxygen atoms in total. The van der Waals surface area contributed by atoms with Gasteiger partial charge in [0.15, 0.2) is 11.5 Å². The average Bonchev–Trinajstić information content (AvgIpc) is 2.78. The summed E-state index contributed by atoms with van der Waals surface area (Å²) in [5.41, 5.74) is 5.22. The van der Waals surface area contributed by atoms with Crippen molar-refractivity contribution in [3.63, 3.8) is 0 Å². The van der Waals surface area contributed by atoms with Gasteiger partial charge in [0.1, 0.15) is 19.5 Å². The quantitative estimate of drug-likeness (QED) is 0.734. The number of nitrogens with one attached hydrogen (secondary N) is 1. The molecular weight excluding hydrogens is 366 g/mol. The molecule has 5 rings (SSSR count). The Morgan fingerprint density at radius 3 is 2.69 bits per heavy atom. The summed E-state index contributed by atoms with van der Waals surface area (Å²) >= 11 is 0. The summed E-state index contributed by atoms with van der Waals surface area (Å²) in [4.78, 5) is 22.1. The van der Waals surface area contributed by atoms with Gasteiger partial charge in [0, 0.05) is 34.1 Å². The summed E-state index contributed by atoms with van der Waals surface area (Å²) < 4.78 is 11.2. The number of ether oxygens (including phenoxy) is 2. The van der Waals surface area contributed by atoms with Crippen LogP contribution in [0.4, 0.5) is 5.69 Å². The number of hydrogen-bond acceptors (Lipinski definition) is 5. The molecule has 3 aromatic rings. The number of anilines is 1. The topological polar surface area (TPSA) is 73.3 Å². The van der Waals surface area contributed by atoms with Gasteiger partial charge in [-0.25, -0.2) is 9.97 Å². The molecule has 1 aliphatic carbocycles. The summed E-state index contributed by atoms with van der Waals surface area (Å²) in [5, 5.41) is 2.98. The molecule has 0 spiro atoms. The number of carbonyl (C=O) groups is 1. The van der Waals surface area contributed by atoms with E-state index >= 15 is 0 Å². The average molecular weight is 387 g/mol. The van der Waals surface area contributed by atoms with Gasteiger partial charge >= 0.3 is 0 Å². The molecule has 2 aliphatic rings. The molecule has 1 aromatic heterocycles. The first-order valence-electron chi connectivity index (χ1n) is 9.93. The fraction of sp³-hybridized carbons (Fsp3) is 0.261. The third-order valence-electron chi connectivity index (χ3n) is 5.35. The first-order chi connectivity index (χ1) is 14.3. The number of rotatable bonds is 3. The second kappa shape index (κ2) is 7.54. The number of nitrogens with zero attached hydrogens (tertiary/aromatic N) is 2. The van der Waals surface area contributed by atoms with Crippen molar-refractivity contribution < 1.29 is 14.3 Å². The van der Waals surface area contributed by atoms with Crippen LogP contribution in [0, 0.1) is 0 Å². The largest absolute Gasteiger partial charge is 0.486 e. The summed E-state index contributed by atoms with van der Waals surface area (Å²) in [6, 6.07) is 13.0. The lowest BCUT2D eigenvalue weighted by Gasteiger charge is -2.20. The minimum atomic E-state index is -0.180. The summed E-state index contributed by atoms with van der Waals surface area (Å²) in [6.45, 7) is 1.04. The highest BCUT2D eigenvalue weighted by Crippen LogP contribution is 2.34. The number of benzene rings is 2. The van der Waals surface area contributed by atoms with Crippen molar-refractivity contribution in [2.75, 3.05) is 18.5 Å². The lowest BCUT2D eigenvalue weighted by molar-refractivity contribution is 0.102. The Bertz CT molecular complexity index is 1080. The van der Waals surface area contributed by atoms with Crippen molar-refractivity contribution in [2.24, 2.45) is 0 Å². The molecule has 0 bridgehead atoms. The van der Waals surface area contributed by atoms with Crippen molar-refractivity contribution in [3.8, 4) is 22.8 Å². The van der Waals surface area contributed by atoms with Crippen molar-refractivity contribution in [3.05, 3.63) is 65.6 Å². The first kappa shape index (κ1) is 17.7. The van der Waals surface area contributed by atoms with Crippen LogP contribution in [0.25, 0.3) is 11.3 Å².